The number of anilines is 1. The normalized spacial score (nSPS) is 10.6. The topological polar surface area (TPSA) is 46.9 Å². The van der Waals surface area contributed by atoms with Crippen molar-refractivity contribution in [3.8, 4) is 0 Å². The maximum absolute atomic E-state index is 11.0. The molecule has 5 heteroatoms. The Hall–Kier alpha value is -1.36. The lowest BCUT2D eigenvalue weighted by Crippen LogP contribution is -2.06. The van der Waals surface area contributed by atoms with Crippen LogP contribution in [0.3, 0.4) is 0 Å². The molecule has 4 nitrogen and oxygen atoms in total. The molecule has 78 valence electrons. The number of aryl methyl sites for hydroxylation is 1. The number of carbonyl (C=O) groups excluding carboxylic acids is 1. The Balaban J connectivity index is 2.64. The van der Waals surface area contributed by atoms with Gasteiger partial charge in [-0.1, -0.05) is 15.9 Å². The van der Waals surface area contributed by atoms with Gasteiger partial charge in [0.1, 0.15) is 0 Å². The van der Waals surface area contributed by atoms with Crippen LogP contribution in [0.5, 0.6) is 0 Å². The minimum Gasteiger partial charge on any atom is -0.309 e. The molecule has 0 atom stereocenters. The van der Waals surface area contributed by atoms with Crippen LogP contribution >= 0.6 is 15.9 Å². The Kier molecular flexibility index (Phi) is 2.48. The third kappa shape index (κ3) is 1.87. The van der Waals surface area contributed by atoms with Gasteiger partial charge in [-0.15, -0.1) is 0 Å². The standard InChI is InChI=1S/C10H10BrN3O/c1-6(15)12-10-8-5-7(11)3-4-9(8)14(2)13-10/h3-5H,1-2H3,(H,12,13,15). The zero-order valence-corrected chi connectivity index (χ0v) is 10.00. The summed E-state index contributed by atoms with van der Waals surface area (Å²) in [7, 11) is 1.85. The predicted octanol–water partition coefficient (Wildman–Crippen LogP) is 2.29. The molecule has 0 saturated carbocycles. The molecule has 0 bridgehead atoms. The fourth-order valence-electron chi connectivity index (χ4n) is 1.50. The second kappa shape index (κ2) is 3.66. The minimum atomic E-state index is -0.116. The van der Waals surface area contributed by atoms with E-state index in [9.17, 15) is 4.79 Å². The van der Waals surface area contributed by atoms with E-state index in [0.29, 0.717) is 5.82 Å². The average molecular weight is 268 g/mol. The first-order valence-electron chi connectivity index (χ1n) is 4.48. The summed E-state index contributed by atoms with van der Waals surface area (Å²) >= 11 is 3.39. The van der Waals surface area contributed by atoms with E-state index < -0.39 is 0 Å². The van der Waals surface area contributed by atoms with Gasteiger partial charge >= 0.3 is 0 Å². The number of nitrogens with zero attached hydrogens (tertiary/aromatic N) is 2. The highest BCUT2D eigenvalue weighted by Gasteiger charge is 2.09. The number of nitrogens with one attached hydrogen (secondary N) is 1. The van der Waals surface area contributed by atoms with Crippen LogP contribution in [0.1, 0.15) is 6.92 Å². The van der Waals surface area contributed by atoms with Crippen LogP contribution < -0.4 is 5.32 Å². The van der Waals surface area contributed by atoms with Gasteiger partial charge in [0.25, 0.3) is 0 Å². The first kappa shape index (κ1) is 10.2. The molecule has 1 aromatic carbocycles. The number of aromatic nitrogens is 2. The highest BCUT2D eigenvalue weighted by molar-refractivity contribution is 9.10. The Morgan fingerprint density at radius 1 is 1.53 bits per heavy atom. The number of hydrogen-bond acceptors (Lipinski definition) is 2. The van der Waals surface area contributed by atoms with Gasteiger partial charge in [0, 0.05) is 23.8 Å². The lowest BCUT2D eigenvalue weighted by molar-refractivity contribution is -0.114. The van der Waals surface area contributed by atoms with Crippen molar-refractivity contribution in [3.05, 3.63) is 22.7 Å². The van der Waals surface area contributed by atoms with Crippen LogP contribution in [0.2, 0.25) is 0 Å². The molecule has 1 N–H and O–H groups in total. The van der Waals surface area contributed by atoms with Crippen LogP contribution in [-0.2, 0) is 11.8 Å². The molecule has 0 radical (unpaired) electrons. The number of amides is 1. The third-order valence-corrected chi connectivity index (χ3v) is 2.60. The third-order valence-electron chi connectivity index (χ3n) is 2.11. The van der Waals surface area contributed by atoms with E-state index in [-0.39, 0.29) is 5.91 Å². The summed E-state index contributed by atoms with van der Waals surface area (Å²) < 4.78 is 2.71. The second-order valence-corrected chi connectivity index (χ2v) is 4.23. The molecule has 0 unspecified atom stereocenters. The number of fused-ring (bicyclic) bond motifs is 1. The number of hydrogen-bond donors (Lipinski definition) is 1. The van der Waals surface area contributed by atoms with Gasteiger partial charge in [-0.25, -0.2) is 0 Å². The Bertz CT molecular complexity index is 533. The fourth-order valence-corrected chi connectivity index (χ4v) is 1.86. The number of halogens is 1. The summed E-state index contributed by atoms with van der Waals surface area (Å²) in [5.41, 5.74) is 0.988. The number of benzene rings is 1. The van der Waals surface area contributed by atoms with Crippen molar-refractivity contribution < 1.29 is 4.79 Å². The van der Waals surface area contributed by atoms with Crippen molar-refractivity contribution in [1.82, 2.24) is 9.78 Å². The minimum absolute atomic E-state index is 0.116. The average Bonchev–Trinajstić information content (AvgIpc) is 2.42. The van der Waals surface area contributed by atoms with Crippen LogP contribution in [0.25, 0.3) is 10.9 Å². The van der Waals surface area contributed by atoms with E-state index in [1.807, 2.05) is 25.2 Å². The van der Waals surface area contributed by atoms with Gasteiger partial charge in [0.05, 0.1) is 5.52 Å². The van der Waals surface area contributed by atoms with Crippen molar-refractivity contribution in [2.75, 3.05) is 5.32 Å². The van der Waals surface area contributed by atoms with E-state index in [1.165, 1.54) is 6.92 Å². The highest BCUT2D eigenvalue weighted by atomic mass is 79.9. The zero-order chi connectivity index (χ0) is 11.0. The summed E-state index contributed by atoms with van der Waals surface area (Å²) in [6, 6.07) is 5.84. The molecular formula is C10H10BrN3O. The molecule has 15 heavy (non-hydrogen) atoms. The summed E-state index contributed by atoms with van der Waals surface area (Å²) in [6.45, 7) is 1.47. The van der Waals surface area contributed by atoms with E-state index in [2.05, 4.69) is 26.3 Å². The lowest BCUT2D eigenvalue weighted by atomic mass is 10.2. The van der Waals surface area contributed by atoms with Crippen molar-refractivity contribution in [3.63, 3.8) is 0 Å². The Morgan fingerprint density at radius 2 is 2.27 bits per heavy atom. The van der Waals surface area contributed by atoms with Crippen molar-refractivity contribution in [2.45, 2.75) is 6.92 Å². The van der Waals surface area contributed by atoms with Gasteiger partial charge in [-0.3, -0.25) is 9.48 Å². The number of carbonyl (C=O) groups is 1. The monoisotopic (exact) mass is 267 g/mol. The van der Waals surface area contributed by atoms with Gasteiger partial charge in [-0.05, 0) is 18.2 Å². The van der Waals surface area contributed by atoms with Gasteiger partial charge in [-0.2, -0.15) is 5.10 Å². The zero-order valence-electron chi connectivity index (χ0n) is 8.41. The van der Waals surface area contributed by atoms with Gasteiger partial charge in [0.2, 0.25) is 5.91 Å². The molecule has 2 aromatic rings. The Morgan fingerprint density at radius 3 is 2.93 bits per heavy atom. The van der Waals surface area contributed by atoms with Gasteiger partial charge in [0.15, 0.2) is 5.82 Å². The molecule has 0 aliphatic heterocycles. The van der Waals surface area contributed by atoms with Crippen LogP contribution in [0.15, 0.2) is 22.7 Å². The molecule has 0 aliphatic carbocycles. The second-order valence-electron chi connectivity index (χ2n) is 3.31. The molecule has 0 aliphatic rings. The molecule has 1 aromatic heterocycles. The highest BCUT2D eigenvalue weighted by Crippen LogP contribution is 2.25. The summed E-state index contributed by atoms with van der Waals surface area (Å²) in [6.07, 6.45) is 0. The summed E-state index contributed by atoms with van der Waals surface area (Å²) in [5, 5.41) is 7.87. The van der Waals surface area contributed by atoms with Crippen molar-refractivity contribution >= 4 is 38.6 Å². The quantitative estimate of drug-likeness (QED) is 0.862. The smallest absolute Gasteiger partial charge is 0.222 e. The van der Waals surface area contributed by atoms with E-state index in [1.54, 1.807) is 4.68 Å². The molecular weight excluding hydrogens is 258 g/mol. The molecule has 0 fully saturated rings. The van der Waals surface area contributed by atoms with Crippen LogP contribution in [0, 0.1) is 0 Å². The molecule has 2 rings (SSSR count). The largest absolute Gasteiger partial charge is 0.309 e. The maximum atomic E-state index is 11.0. The first-order valence-corrected chi connectivity index (χ1v) is 5.27. The Labute approximate surface area is 95.4 Å². The fraction of sp³-hybridized carbons (Fsp3) is 0.200. The van der Waals surface area contributed by atoms with Crippen molar-refractivity contribution in [2.24, 2.45) is 7.05 Å². The van der Waals surface area contributed by atoms with Crippen molar-refractivity contribution in [1.29, 1.82) is 0 Å². The van der Waals surface area contributed by atoms with Crippen LogP contribution in [0.4, 0.5) is 5.82 Å². The maximum Gasteiger partial charge on any atom is 0.222 e. The number of rotatable bonds is 1. The molecule has 1 heterocycles. The van der Waals surface area contributed by atoms with E-state index >= 15 is 0 Å². The van der Waals surface area contributed by atoms with Crippen LogP contribution in [-0.4, -0.2) is 15.7 Å². The predicted molar refractivity (Wildman–Crippen MR) is 62.7 cm³/mol. The summed E-state index contributed by atoms with van der Waals surface area (Å²) in [4.78, 5) is 11.0. The first-order chi connectivity index (χ1) is 7.08. The molecule has 0 saturated heterocycles. The molecule has 1 amide bonds. The van der Waals surface area contributed by atoms with E-state index in [4.69, 9.17) is 0 Å². The summed E-state index contributed by atoms with van der Waals surface area (Å²) in [5.74, 6) is 0.483. The van der Waals surface area contributed by atoms with Gasteiger partial charge < -0.3 is 5.32 Å². The lowest BCUT2D eigenvalue weighted by Gasteiger charge is -1.96. The molecule has 0 spiro atoms. The SMILES string of the molecule is CC(=O)Nc1nn(C)c2ccc(Br)cc12. The van der Waals surface area contributed by atoms with E-state index in [0.717, 1.165) is 15.4 Å².